The average molecular weight is 254 g/mol. The lowest BCUT2D eigenvalue weighted by atomic mass is 10.1. The summed E-state index contributed by atoms with van der Waals surface area (Å²) in [5, 5.41) is 12.0. The van der Waals surface area contributed by atoms with Crippen molar-refractivity contribution in [3.63, 3.8) is 0 Å². The van der Waals surface area contributed by atoms with Gasteiger partial charge in [-0.15, -0.1) is 0 Å². The third kappa shape index (κ3) is 3.92. The smallest absolute Gasteiger partial charge is 0.378 e. The summed E-state index contributed by atoms with van der Waals surface area (Å²) < 4.78 is 4.47. The maximum atomic E-state index is 11.5. The summed E-state index contributed by atoms with van der Waals surface area (Å²) in [7, 11) is 0. The van der Waals surface area contributed by atoms with Crippen molar-refractivity contribution in [1.82, 2.24) is 0 Å². The fourth-order valence-electron chi connectivity index (χ4n) is 1.08. The molecule has 1 aromatic rings. The molecule has 0 N–H and O–H groups in total. The van der Waals surface area contributed by atoms with Gasteiger partial charge in [0.2, 0.25) is 0 Å². The lowest BCUT2D eigenvalue weighted by Gasteiger charge is -2.11. The quantitative estimate of drug-likeness (QED) is 0.350. The molecular formula is C12H10ClO4-. The third-order valence-electron chi connectivity index (χ3n) is 1.87. The van der Waals surface area contributed by atoms with Crippen LogP contribution in [0.5, 0.6) is 0 Å². The van der Waals surface area contributed by atoms with Gasteiger partial charge in [-0.1, -0.05) is 29.5 Å². The molecule has 0 radical (unpaired) electrons. The van der Waals surface area contributed by atoms with Gasteiger partial charge in [0.05, 0.1) is 6.61 Å². The molecule has 17 heavy (non-hydrogen) atoms. The second-order valence-corrected chi connectivity index (χ2v) is 3.54. The Morgan fingerprint density at radius 2 is 1.94 bits per heavy atom. The number of benzene rings is 1. The monoisotopic (exact) mass is 253 g/mol. The number of carbonyl (C=O) groups excluding carboxylic acids is 2. The van der Waals surface area contributed by atoms with Gasteiger partial charge in [0.1, 0.15) is 0 Å². The highest BCUT2D eigenvalue weighted by Crippen LogP contribution is 2.13. The van der Waals surface area contributed by atoms with Crippen LogP contribution in [0.25, 0.3) is 5.76 Å². The van der Waals surface area contributed by atoms with Crippen LogP contribution < -0.4 is 5.11 Å². The molecule has 0 fully saturated rings. The Morgan fingerprint density at radius 1 is 1.35 bits per heavy atom. The number of esters is 1. The number of hydrogen-bond acceptors (Lipinski definition) is 4. The van der Waals surface area contributed by atoms with Crippen LogP contribution in [0, 0.1) is 0 Å². The maximum Gasteiger partial charge on any atom is 0.378 e. The Hall–Kier alpha value is -1.81. The van der Waals surface area contributed by atoms with E-state index in [1.165, 1.54) is 24.3 Å². The molecule has 0 amide bonds. The number of rotatable bonds is 4. The molecule has 0 aromatic heterocycles. The average Bonchev–Trinajstić information content (AvgIpc) is 2.30. The lowest BCUT2D eigenvalue weighted by molar-refractivity contribution is -0.243. The second kappa shape index (κ2) is 6.06. The Morgan fingerprint density at radius 3 is 2.47 bits per heavy atom. The van der Waals surface area contributed by atoms with Crippen LogP contribution in [0.3, 0.4) is 0 Å². The summed E-state index contributed by atoms with van der Waals surface area (Å²) in [6, 6.07) is 5.99. The summed E-state index contributed by atoms with van der Waals surface area (Å²) >= 11 is 5.65. The number of ketones is 1. The van der Waals surface area contributed by atoms with Crippen molar-refractivity contribution in [2.75, 3.05) is 6.61 Å². The molecule has 1 aromatic carbocycles. The van der Waals surface area contributed by atoms with E-state index in [4.69, 9.17) is 11.6 Å². The summed E-state index contributed by atoms with van der Waals surface area (Å²) in [5.41, 5.74) is 0.284. The largest absolute Gasteiger partial charge is 0.872 e. The first-order valence-corrected chi connectivity index (χ1v) is 5.28. The molecule has 0 saturated heterocycles. The van der Waals surface area contributed by atoms with Crippen LogP contribution in [0.2, 0.25) is 5.02 Å². The minimum absolute atomic E-state index is 0.0908. The molecule has 0 heterocycles. The molecular weight excluding hydrogens is 244 g/mol. The van der Waals surface area contributed by atoms with E-state index in [1.807, 2.05) is 0 Å². The zero-order valence-corrected chi connectivity index (χ0v) is 9.86. The summed E-state index contributed by atoms with van der Waals surface area (Å²) in [4.78, 5) is 22.2. The molecule has 0 aliphatic heterocycles. The Labute approximate surface area is 103 Å². The van der Waals surface area contributed by atoms with Crippen molar-refractivity contribution in [3.8, 4) is 0 Å². The number of carbonyl (C=O) groups is 2. The summed E-state index contributed by atoms with van der Waals surface area (Å²) in [6.45, 7) is 1.67. The highest BCUT2D eigenvalue weighted by molar-refractivity contribution is 6.39. The normalized spacial score (nSPS) is 11.1. The van der Waals surface area contributed by atoms with E-state index < -0.39 is 17.5 Å². The second-order valence-electron chi connectivity index (χ2n) is 3.10. The molecule has 0 unspecified atom stereocenters. The Bertz CT molecular complexity index is 448. The minimum atomic E-state index is -1.03. The van der Waals surface area contributed by atoms with E-state index >= 15 is 0 Å². The molecule has 5 heteroatoms. The molecule has 0 aliphatic rings. The van der Waals surface area contributed by atoms with Gasteiger partial charge in [-0.25, -0.2) is 4.79 Å². The predicted molar refractivity (Wildman–Crippen MR) is 61.1 cm³/mol. The fraction of sp³-hybridized carbons (Fsp3) is 0.167. The zero-order chi connectivity index (χ0) is 12.8. The van der Waals surface area contributed by atoms with Gasteiger partial charge in [0.25, 0.3) is 5.78 Å². The van der Waals surface area contributed by atoms with Gasteiger partial charge in [-0.2, -0.15) is 0 Å². The van der Waals surface area contributed by atoms with Crippen LogP contribution in [0.15, 0.2) is 30.3 Å². The highest BCUT2D eigenvalue weighted by atomic mass is 35.5. The summed E-state index contributed by atoms with van der Waals surface area (Å²) in [5.74, 6) is -2.55. The topological polar surface area (TPSA) is 66.4 Å². The van der Waals surface area contributed by atoms with E-state index in [2.05, 4.69) is 4.74 Å². The predicted octanol–water partition coefficient (Wildman–Crippen LogP) is 1.17. The number of hydrogen-bond donors (Lipinski definition) is 0. The van der Waals surface area contributed by atoms with Crippen molar-refractivity contribution in [2.24, 2.45) is 0 Å². The Kier molecular flexibility index (Phi) is 4.72. The van der Waals surface area contributed by atoms with E-state index in [0.717, 1.165) is 0 Å². The van der Waals surface area contributed by atoms with E-state index in [0.29, 0.717) is 11.1 Å². The fourth-order valence-corrected chi connectivity index (χ4v) is 1.20. The third-order valence-corrected chi connectivity index (χ3v) is 2.12. The van der Waals surface area contributed by atoms with Gasteiger partial charge < -0.3 is 9.84 Å². The SMILES string of the molecule is CCOC(=O)C(=O)/C=C(\[O-])c1ccc(Cl)cc1. The first-order chi connectivity index (χ1) is 8.04. The van der Waals surface area contributed by atoms with E-state index in [9.17, 15) is 14.7 Å². The first-order valence-electron chi connectivity index (χ1n) is 4.90. The van der Waals surface area contributed by atoms with E-state index in [-0.39, 0.29) is 12.2 Å². The van der Waals surface area contributed by atoms with Crippen LogP contribution in [0.1, 0.15) is 12.5 Å². The van der Waals surface area contributed by atoms with Crippen molar-refractivity contribution < 1.29 is 19.4 Å². The van der Waals surface area contributed by atoms with Gasteiger partial charge >= 0.3 is 5.97 Å². The molecule has 1 rings (SSSR count). The highest BCUT2D eigenvalue weighted by Gasteiger charge is 2.10. The van der Waals surface area contributed by atoms with Gasteiger partial charge in [0, 0.05) is 5.02 Å². The lowest BCUT2D eigenvalue weighted by Crippen LogP contribution is -2.17. The summed E-state index contributed by atoms with van der Waals surface area (Å²) in [6.07, 6.45) is 0.710. The molecule has 4 nitrogen and oxygen atoms in total. The van der Waals surface area contributed by atoms with Gasteiger partial charge in [0.15, 0.2) is 0 Å². The van der Waals surface area contributed by atoms with Gasteiger partial charge in [-0.3, -0.25) is 4.79 Å². The van der Waals surface area contributed by atoms with Crippen molar-refractivity contribution in [1.29, 1.82) is 0 Å². The van der Waals surface area contributed by atoms with Crippen LogP contribution in [-0.2, 0) is 14.3 Å². The van der Waals surface area contributed by atoms with Crippen LogP contribution in [-0.4, -0.2) is 18.4 Å². The van der Waals surface area contributed by atoms with Crippen molar-refractivity contribution >= 4 is 29.1 Å². The molecule has 90 valence electrons. The van der Waals surface area contributed by atoms with Crippen LogP contribution in [0.4, 0.5) is 0 Å². The molecule has 0 atom stereocenters. The minimum Gasteiger partial charge on any atom is -0.872 e. The van der Waals surface area contributed by atoms with Crippen LogP contribution >= 0.6 is 11.6 Å². The maximum absolute atomic E-state index is 11.5. The number of halogens is 1. The molecule has 0 bridgehead atoms. The standard InChI is InChI=1S/C12H11ClO4/c1-2-17-12(16)11(15)7-10(14)8-3-5-9(13)6-4-8/h3-7,14H,2H2,1H3/p-1/b10-7-. The molecule has 0 aliphatic carbocycles. The van der Waals surface area contributed by atoms with Crippen molar-refractivity contribution in [2.45, 2.75) is 6.92 Å². The zero-order valence-electron chi connectivity index (χ0n) is 9.10. The molecule has 0 saturated carbocycles. The Balaban J connectivity index is 2.82. The molecule has 0 spiro atoms. The number of ether oxygens (including phenoxy) is 1. The van der Waals surface area contributed by atoms with Gasteiger partial charge in [-0.05, 0) is 30.7 Å². The van der Waals surface area contributed by atoms with Crippen molar-refractivity contribution in [3.05, 3.63) is 40.9 Å². The first kappa shape index (κ1) is 13.3. The van der Waals surface area contributed by atoms with E-state index in [1.54, 1.807) is 6.92 Å².